The van der Waals surface area contributed by atoms with E-state index >= 15 is 0 Å². The van der Waals surface area contributed by atoms with E-state index in [1.807, 2.05) is 6.07 Å². The lowest BCUT2D eigenvalue weighted by Gasteiger charge is -2.26. The van der Waals surface area contributed by atoms with Crippen LogP contribution in [-0.2, 0) is 5.41 Å². The number of halogens is 1. The van der Waals surface area contributed by atoms with Crippen molar-refractivity contribution in [3.05, 3.63) is 35.6 Å². The van der Waals surface area contributed by atoms with Gasteiger partial charge in [-0.3, -0.25) is 0 Å². The molecule has 2 nitrogen and oxygen atoms in total. The summed E-state index contributed by atoms with van der Waals surface area (Å²) in [6.45, 7) is 8.58. The molecule has 0 spiro atoms. The Morgan fingerprint density at radius 2 is 2.26 bits per heavy atom. The fourth-order valence-corrected chi connectivity index (χ4v) is 2.68. The summed E-state index contributed by atoms with van der Waals surface area (Å²) in [5.41, 5.74) is 1.03. The van der Waals surface area contributed by atoms with E-state index in [0.29, 0.717) is 0 Å². The SMILES string of the molecule is CC(C)(CNCCC1CCNC1)c1cccc(F)c1. The number of rotatable bonds is 6. The van der Waals surface area contributed by atoms with E-state index in [4.69, 9.17) is 0 Å². The zero-order valence-electron chi connectivity index (χ0n) is 12.0. The van der Waals surface area contributed by atoms with Gasteiger partial charge in [0.25, 0.3) is 0 Å². The molecule has 1 heterocycles. The van der Waals surface area contributed by atoms with Crippen LogP contribution >= 0.6 is 0 Å². The zero-order valence-corrected chi connectivity index (χ0v) is 12.0. The van der Waals surface area contributed by atoms with Crippen molar-refractivity contribution in [3.63, 3.8) is 0 Å². The van der Waals surface area contributed by atoms with E-state index in [9.17, 15) is 4.39 Å². The average molecular weight is 264 g/mol. The van der Waals surface area contributed by atoms with Gasteiger partial charge in [0.2, 0.25) is 0 Å². The number of hydrogen-bond donors (Lipinski definition) is 2. The first kappa shape index (κ1) is 14.5. The molecule has 1 unspecified atom stereocenters. The van der Waals surface area contributed by atoms with Crippen LogP contribution < -0.4 is 10.6 Å². The highest BCUT2D eigenvalue weighted by molar-refractivity contribution is 5.24. The standard InChI is InChI=1S/C16H25FN2/c1-16(2,14-4-3-5-15(17)10-14)12-19-9-7-13-6-8-18-11-13/h3-5,10,13,18-19H,6-9,11-12H2,1-2H3. The molecule has 0 aromatic heterocycles. The van der Waals surface area contributed by atoms with Crippen molar-refractivity contribution < 1.29 is 4.39 Å². The van der Waals surface area contributed by atoms with Crippen LogP contribution in [0.4, 0.5) is 4.39 Å². The Morgan fingerprint density at radius 1 is 1.42 bits per heavy atom. The van der Waals surface area contributed by atoms with Gasteiger partial charge in [-0.15, -0.1) is 0 Å². The van der Waals surface area contributed by atoms with Gasteiger partial charge in [-0.25, -0.2) is 4.39 Å². The maximum absolute atomic E-state index is 13.3. The van der Waals surface area contributed by atoms with Crippen LogP contribution in [0.25, 0.3) is 0 Å². The quantitative estimate of drug-likeness (QED) is 0.772. The predicted molar refractivity (Wildman–Crippen MR) is 77.9 cm³/mol. The third-order valence-electron chi connectivity index (χ3n) is 4.06. The minimum Gasteiger partial charge on any atom is -0.316 e. The van der Waals surface area contributed by atoms with Crippen molar-refractivity contribution in [2.75, 3.05) is 26.2 Å². The first-order valence-corrected chi connectivity index (χ1v) is 7.25. The number of hydrogen-bond acceptors (Lipinski definition) is 2. The fraction of sp³-hybridized carbons (Fsp3) is 0.625. The molecule has 0 bridgehead atoms. The largest absolute Gasteiger partial charge is 0.316 e. The Labute approximate surface area is 115 Å². The molecule has 1 aliphatic rings. The molecule has 1 aliphatic heterocycles. The highest BCUT2D eigenvalue weighted by atomic mass is 19.1. The second-order valence-electron chi connectivity index (χ2n) is 6.22. The molecule has 19 heavy (non-hydrogen) atoms. The molecule has 0 radical (unpaired) electrons. The van der Waals surface area contributed by atoms with Crippen molar-refractivity contribution >= 4 is 0 Å². The van der Waals surface area contributed by atoms with Gasteiger partial charge in [0.1, 0.15) is 5.82 Å². The molecule has 106 valence electrons. The monoisotopic (exact) mass is 264 g/mol. The van der Waals surface area contributed by atoms with Crippen LogP contribution in [0.15, 0.2) is 24.3 Å². The summed E-state index contributed by atoms with van der Waals surface area (Å²) in [4.78, 5) is 0. The third kappa shape index (κ3) is 4.29. The molecule has 0 amide bonds. The van der Waals surface area contributed by atoms with Crippen molar-refractivity contribution in [3.8, 4) is 0 Å². The molecule has 1 fully saturated rings. The summed E-state index contributed by atoms with van der Waals surface area (Å²) in [6, 6.07) is 6.94. The van der Waals surface area contributed by atoms with Crippen LogP contribution in [0.3, 0.4) is 0 Å². The Hall–Kier alpha value is -0.930. The van der Waals surface area contributed by atoms with Gasteiger partial charge in [-0.05, 0) is 56.1 Å². The lowest BCUT2D eigenvalue weighted by Crippen LogP contribution is -2.34. The van der Waals surface area contributed by atoms with Crippen molar-refractivity contribution in [2.24, 2.45) is 5.92 Å². The summed E-state index contributed by atoms with van der Waals surface area (Å²) in [6.07, 6.45) is 2.53. The van der Waals surface area contributed by atoms with E-state index < -0.39 is 0 Å². The van der Waals surface area contributed by atoms with Gasteiger partial charge in [0.15, 0.2) is 0 Å². The van der Waals surface area contributed by atoms with Crippen LogP contribution in [0.2, 0.25) is 0 Å². The van der Waals surface area contributed by atoms with E-state index in [1.54, 1.807) is 12.1 Å². The van der Waals surface area contributed by atoms with Gasteiger partial charge < -0.3 is 10.6 Å². The number of benzene rings is 1. The molecule has 0 saturated carbocycles. The summed E-state index contributed by atoms with van der Waals surface area (Å²) in [7, 11) is 0. The Balaban J connectivity index is 1.77. The van der Waals surface area contributed by atoms with Gasteiger partial charge in [0.05, 0.1) is 0 Å². The molecule has 1 atom stereocenters. The zero-order chi connectivity index (χ0) is 13.7. The van der Waals surface area contributed by atoms with E-state index in [1.165, 1.54) is 25.5 Å². The average Bonchev–Trinajstić information content (AvgIpc) is 2.88. The Kier molecular flexibility index (Phi) is 4.94. The molecular formula is C16H25FN2. The van der Waals surface area contributed by atoms with Gasteiger partial charge in [-0.2, -0.15) is 0 Å². The normalized spacial score (nSPS) is 19.8. The summed E-state index contributed by atoms with van der Waals surface area (Å²) < 4.78 is 13.3. The molecule has 2 N–H and O–H groups in total. The van der Waals surface area contributed by atoms with Crippen molar-refractivity contribution in [2.45, 2.75) is 32.1 Å². The van der Waals surface area contributed by atoms with Crippen LogP contribution in [0, 0.1) is 11.7 Å². The second kappa shape index (κ2) is 6.49. The summed E-state index contributed by atoms with van der Waals surface area (Å²) >= 11 is 0. The van der Waals surface area contributed by atoms with Gasteiger partial charge in [0, 0.05) is 12.0 Å². The van der Waals surface area contributed by atoms with Crippen molar-refractivity contribution in [1.29, 1.82) is 0 Å². The maximum Gasteiger partial charge on any atom is 0.123 e. The minimum absolute atomic E-state index is 0.0317. The van der Waals surface area contributed by atoms with Gasteiger partial charge >= 0.3 is 0 Å². The van der Waals surface area contributed by atoms with E-state index in [2.05, 4.69) is 24.5 Å². The lowest BCUT2D eigenvalue weighted by molar-refractivity contribution is 0.436. The first-order chi connectivity index (χ1) is 9.08. The van der Waals surface area contributed by atoms with Crippen molar-refractivity contribution in [1.82, 2.24) is 10.6 Å². The first-order valence-electron chi connectivity index (χ1n) is 7.25. The second-order valence-corrected chi connectivity index (χ2v) is 6.22. The maximum atomic E-state index is 13.3. The van der Waals surface area contributed by atoms with E-state index in [-0.39, 0.29) is 11.2 Å². The molecule has 1 saturated heterocycles. The molecule has 0 aliphatic carbocycles. The summed E-state index contributed by atoms with van der Waals surface area (Å²) in [5.74, 6) is 0.674. The molecule has 1 aromatic carbocycles. The topological polar surface area (TPSA) is 24.1 Å². The van der Waals surface area contributed by atoms with E-state index in [0.717, 1.165) is 31.1 Å². The number of nitrogens with one attached hydrogen (secondary N) is 2. The molecule has 2 rings (SSSR count). The summed E-state index contributed by atoms with van der Waals surface area (Å²) in [5, 5.41) is 6.91. The fourth-order valence-electron chi connectivity index (χ4n) is 2.68. The molecule has 3 heteroatoms. The predicted octanol–water partition coefficient (Wildman–Crippen LogP) is 2.69. The minimum atomic E-state index is -0.150. The molecular weight excluding hydrogens is 239 g/mol. The van der Waals surface area contributed by atoms with Crippen LogP contribution in [-0.4, -0.2) is 26.2 Å². The Morgan fingerprint density at radius 3 is 2.95 bits per heavy atom. The lowest BCUT2D eigenvalue weighted by atomic mass is 9.84. The highest BCUT2D eigenvalue weighted by Gasteiger charge is 2.21. The van der Waals surface area contributed by atoms with Gasteiger partial charge in [-0.1, -0.05) is 26.0 Å². The Bertz CT molecular complexity index is 397. The van der Waals surface area contributed by atoms with Crippen LogP contribution in [0.5, 0.6) is 0 Å². The third-order valence-corrected chi connectivity index (χ3v) is 4.06. The van der Waals surface area contributed by atoms with Crippen LogP contribution in [0.1, 0.15) is 32.3 Å². The highest BCUT2D eigenvalue weighted by Crippen LogP contribution is 2.23. The molecule has 1 aromatic rings. The smallest absolute Gasteiger partial charge is 0.123 e.